The molecule has 0 N–H and O–H groups in total. The standard InChI is InChI=1S/C19H19N3O4S2/c1-28(25,26)17-8-4-6-15(18(17)22(23)24)21-11-9-13(10-12-21)19-20-14-5-2-3-7-16(14)27-19/h2-8,13H,9-12H2,1H3. The van der Waals surface area contributed by atoms with Crippen molar-refractivity contribution in [2.24, 2.45) is 0 Å². The molecule has 4 rings (SSSR count). The van der Waals surface area contributed by atoms with Crippen LogP contribution in [0.15, 0.2) is 47.4 Å². The number of hydrogen-bond donors (Lipinski definition) is 0. The van der Waals surface area contributed by atoms with E-state index in [0.29, 0.717) is 24.7 Å². The number of nitro benzene ring substituents is 1. The fraction of sp³-hybridized carbons (Fsp3) is 0.316. The Hall–Kier alpha value is -2.52. The van der Waals surface area contributed by atoms with Gasteiger partial charge in [-0.3, -0.25) is 10.1 Å². The van der Waals surface area contributed by atoms with E-state index in [1.165, 1.54) is 6.07 Å². The number of benzene rings is 2. The summed E-state index contributed by atoms with van der Waals surface area (Å²) in [6.07, 6.45) is 2.64. The molecule has 1 aliphatic heterocycles. The monoisotopic (exact) mass is 417 g/mol. The van der Waals surface area contributed by atoms with E-state index in [2.05, 4.69) is 6.07 Å². The van der Waals surface area contributed by atoms with E-state index in [-0.39, 0.29) is 10.6 Å². The van der Waals surface area contributed by atoms with E-state index >= 15 is 0 Å². The van der Waals surface area contributed by atoms with Gasteiger partial charge in [-0.1, -0.05) is 18.2 Å². The zero-order valence-corrected chi connectivity index (χ0v) is 16.9. The normalized spacial score (nSPS) is 15.8. The molecule has 9 heteroatoms. The second kappa shape index (κ2) is 7.14. The molecule has 0 bridgehead atoms. The Morgan fingerprint density at radius 1 is 1.14 bits per heavy atom. The summed E-state index contributed by atoms with van der Waals surface area (Å²) < 4.78 is 25.1. The fourth-order valence-electron chi connectivity index (χ4n) is 3.68. The second-order valence-corrected chi connectivity index (χ2v) is 9.98. The van der Waals surface area contributed by atoms with Crippen LogP contribution in [-0.4, -0.2) is 37.7 Å². The van der Waals surface area contributed by atoms with Crippen LogP contribution in [0.25, 0.3) is 10.2 Å². The zero-order chi connectivity index (χ0) is 19.9. The van der Waals surface area contributed by atoms with Crippen LogP contribution in [0.2, 0.25) is 0 Å². The highest BCUT2D eigenvalue weighted by atomic mass is 32.2. The van der Waals surface area contributed by atoms with Gasteiger partial charge in [0, 0.05) is 25.3 Å². The Kier molecular flexibility index (Phi) is 4.80. The van der Waals surface area contributed by atoms with Gasteiger partial charge in [-0.2, -0.15) is 0 Å². The number of fused-ring (bicyclic) bond motifs is 1. The van der Waals surface area contributed by atoms with E-state index < -0.39 is 14.8 Å². The minimum absolute atomic E-state index is 0.233. The van der Waals surface area contributed by atoms with Crippen LogP contribution in [0.3, 0.4) is 0 Å². The van der Waals surface area contributed by atoms with Gasteiger partial charge < -0.3 is 4.90 Å². The van der Waals surface area contributed by atoms with Crippen molar-refractivity contribution in [3.05, 3.63) is 57.6 Å². The number of thiazole rings is 1. The fourth-order valence-corrected chi connectivity index (χ4v) is 5.67. The Balaban J connectivity index is 1.59. The molecule has 7 nitrogen and oxygen atoms in total. The first-order valence-electron chi connectivity index (χ1n) is 8.92. The summed E-state index contributed by atoms with van der Waals surface area (Å²) in [6, 6.07) is 12.5. The van der Waals surface area contributed by atoms with Crippen molar-refractivity contribution in [3.63, 3.8) is 0 Å². The number of piperidine rings is 1. The second-order valence-electron chi connectivity index (χ2n) is 6.93. The molecule has 0 spiro atoms. The first-order chi connectivity index (χ1) is 13.3. The van der Waals surface area contributed by atoms with Crippen LogP contribution in [0.4, 0.5) is 11.4 Å². The minimum atomic E-state index is -3.68. The minimum Gasteiger partial charge on any atom is -0.366 e. The summed E-state index contributed by atoms with van der Waals surface area (Å²) in [5.74, 6) is 0.311. The number of sulfone groups is 1. The number of para-hydroxylation sites is 2. The van der Waals surface area contributed by atoms with Gasteiger partial charge in [0.15, 0.2) is 9.84 Å². The lowest BCUT2D eigenvalue weighted by molar-refractivity contribution is -0.387. The van der Waals surface area contributed by atoms with Crippen molar-refractivity contribution >= 4 is 42.8 Å². The molecule has 2 aromatic carbocycles. The zero-order valence-electron chi connectivity index (χ0n) is 15.2. The summed E-state index contributed by atoms with van der Waals surface area (Å²) in [5, 5.41) is 12.7. The van der Waals surface area contributed by atoms with Crippen molar-refractivity contribution in [1.82, 2.24) is 4.98 Å². The number of aromatic nitrogens is 1. The van der Waals surface area contributed by atoms with Crippen LogP contribution in [0, 0.1) is 10.1 Å². The Morgan fingerprint density at radius 3 is 2.50 bits per heavy atom. The highest BCUT2D eigenvalue weighted by Gasteiger charge is 2.31. The summed E-state index contributed by atoms with van der Waals surface area (Å²) in [7, 11) is -3.68. The van der Waals surface area contributed by atoms with Crippen LogP contribution in [0.5, 0.6) is 0 Å². The van der Waals surface area contributed by atoms with Crippen LogP contribution >= 0.6 is 11.3 Å². The van der Waals surface area contributed by atoms with Gasteiger partial charge in [0.25, 0.3) is 0 Å². The maximum atomic E-state index is 12.0. The first kappa shape index (κ1) is 18.8. The Morgan fingerprint density at radius 2 is 1.86 bits per heavy atom. The van der Waals surface area contributed by atoms with Gasteiger partial charge in [-0.15, -0.1) is 11.3 Å². The van der Waals surface area contributed by atoms with Gasteiger partial charge in [0.1, 0.15) is 10.6 Å². The summed E-state index contributed by atoms with van der Waals surface area (Å²) >= 11 is 1.70. The Labute approximate surface area is 166 Å². The average Bonchev–Trinajstić information content (AvgIpc) is 3.11. The largest absolute Gasteiger partial charge is 0.366 e. The molecular formula is C19H19N3O4S2. The molecular weight excluding hydrogens is 398 g/mol. The van der Waals surface area contributed by atoms with Crippen LogP contribution in [0.1, 0.15) is 23.8 Å². The van der Waals surface area contributed by atoms with Crippen molar-refractivity contribution < 1.29 is 13.3 Å². The molecule has 0 aliphatic carbocycles. The number of anilines is 1. The third kappa shape index (κ3) is 3.47. The average molecular weight is 418 g/mol. The lowest BCUT2D eigenvalue weighted by Crippen LogP contribution is -2.33. The third-order valence-corrected chi connectivity index (χ3v) is 7.38. The Bertz CT molecular complexity index is 1120. The van der Waals surface area contributed by atoms with E-state index in [4.69, 9.17) is 4.98 Å². The third-order valence-electron chi connectivity index (χ3n) is 5.06. The number of nitro groups is 1. The van der Waals surface area contributed by atoms with Gasteiger partial charge >= 0.3 is 5.69 Å². The molecule has 0 saturated carbocycles. The number of hydrogen-bond acceptors (Lipinski definition) is 7. The molecule has 0 amide bonds. The molecule has 146 valence electrons. The highest BCUT2D eigenvalue weighted by Crippen LogP contribution is 2.39. The smallest absolute Gasteiger partial charge is 0.311 e. The molecule has 28 heavy (non-hydrogen) atoms. The van der Waals surface area contributed by atoms with Gasteiger partial charge in [-0.05, 0) is 37.1 Å². The first-order valence-corrected chi connectivity index (χ1v) is 11.6. The predicted octanol–water partition coefficient (Wildman–Crippen LogP) is 3.99. The van der Waals surface area contributed by atoms with Crippen molar-refractivity contribution in [2.75, 3.05) is 24.2 Å². The van der Waals surface area contributed by atoms with E-state index in [9.17, 15) is 18.5 Å². The summed E-state index contributed by atoms with van der Waals surface area (Å²) in [4.78, 5) is 17.5. The molecule has 0 unspecified atom stereocenters. The van der Waals surface area contributed by atoms with E-state index in [1.54, 1.807) is 23.5 Å². The molecule has 1 fully saturated rings. The van der Waals surface area contributed by atoms with Gasteiger partial charge in [0.2, 0.25) is 0 Å². The highest BCUT2D eigenvalue weighted by molar-refractivity contribution is 7.90. The predicted molar refractivity (Wildman–Crippen MR) is 110 cm³/mol. The lowest BCUT2D eigenvalue weighted by atomic mass is 9.97. The summed E-state index contributed by atoms with van der Waals surface area (Å²) in [6.45, 7) is 1.24. The molecule has 1 saturated heterocycles. The molecule has 0 atom stereocenters. The van der Waals surface area contributed by atoms with Crippen molar-refractivity contribution in [1.29, 1.82) is 0 Å². The lowest BCUT2D eigenvalue weighted by Gasteiger charge is -2.32. The van der Waals surface area contributed by atoms with Crippen LogP contribution in [-0.2, 0) is 9.84 Å². The molecule has 1 aliphatic rings. The SMILES string of the molecule is CS(=O)(=O)c1cccc(N2CCC(c3nc4ccccc4s3)CC2)c1[N+](=O)[O-]. The van der Waals surface area contributed by atoms with Crippen molar-refractivity contribution in [3.8, 4) is 0 Å². The maximum Gasteiger partial charge on any atom is 0.311 e. The van der Waals surface area contributed by atoms with E-state index in [1.807, 2.05) is 23.1 Å². The topological polar surface area (TPSA) is 93.4 Å². The van der Waals surface area contributed by atoms with E-state index in [0.717, 1.165) is 34.3 Å². The quantitative estimate of drug-likeness (QED) is 0.471. The molecule has 0 radical (unpaired) electrons. The van der Waals surface area contributed by atoms with Gasteiger partial charge in [-0.25, -0.2) is 13.4 Å². The maximum absolute atomic E-state index is 12.0. The summed E-state index contributed by atoms with van der Waals surface area (Å²) in [5.41, 5.74) is 1.04. The molecule has 1 aromatic heterocycles. The molecule has 3 aromatic rings. The number of rotatable bonds is 4. The van der Waals surface area contributed by atoms with Gasteiger partial charge in [0.05, 0.1) is 20.1 Å². The number of nitrogens with zero attached hydrogens (tertiary/aromatic N) is 3. The van der Waals surface area contributed by atoms with Crippen LogP contribution < -0.4 is 4.90 Å². The van der Waals surface area contributed by atoms with Crippen molar-refractivity contribution in [2.45, 2.75) is 23.7 Å². The molecule has 2 heterocycles.